The number of carbonyl (C=O) groups excluding carboxylic acids is 4. The van der Waals surface area contributed by atoms with Crippen molar-refractivity contribution in [2.24, 2.45) is 0 Å². The summed E-state index contributed by atoms with van der Waals surface area (Å²) in [6.45, 7) is 5.61. The number of ketones is 2. The lowest BCUT2D eigenvalue weighted by molar-refractivity contribution is -0.119. The molecule has 0 saturated carbocycles. The van der Waals surface area contributed by atoms with E-state index >= 15 is 0 Å². The second-order valence-corrected chi connectivity index (χ2v) is 9.00. The molecule has 36 heavy (non-hydrogen) atoms. The van der Waals surface area contributed by atoms with Crippen LogP contribution in [0.2, 0.25) is 0 Å². The van der Waals surface area contributed by atoms with Gasteiger partial charge < -0.3 is 19.7 Å². The molecule has 0 aliphatic heterocycles. The minimum atomic E-state index is -0.702. The normalized spacial score (nSPS) is 13.7. The number of rotatable bonds is 13. The molecule has 0 radical (unpaired) electrons. The fourth-order valence-electron chi connectivity index (χ4n) is 3.76. The quantitative estimate of drug-likeness (QED) is 0.221. The summed E-state index contributed by atoms with van der Waals surface area (Å²) in [5, 5.41) is 2.88. The van der Waals surface area contributed by atoms with Crippen molar-refractivity contribution in [2.45, 2.75) is 40.0 Å². The molecule has 2 rings (SSSR count). The predicted molar refractivity (Wildman–Crippen MR) is 141 cm³/mol. The minimum absolute atomic E-state index is 0.00920. The molecule has 0 bridgehead atoms. The fourth-order valence-corrected chi connectivity index (χ4v) is 4.17. The summed E-state index contributed by atoms with van der Waals surface area (Å²) in [5.74, 6) is -1.01. The number of allylic oxidation sites excluding steroid dienone is 2. The number of ether oxygens (including phenoxy) is 2. The first-order valence-corrected chi connectivity index (χ1v) is 12.8. The van der Waals surface area contributed by atoms with Gasteiger partial charge in [-0.25, -0.2) is 4.79 Å². The Bertz CT molecular complexity index is 1070. The Morgan fingerprint density at radius 1 is 1.03 bits per heavy atom. The Morgan fingerprint density at radius 2 is 1.69 bits per heavy atom. The number of hydrogen-bond acceptors (Lipinski definition) is 7. The molecular formula is C26H32Cl2N2O6. The Labute approximate surface area is 221 Å². The molecule has 1 aliphatic carbocycles. The van der Waals surface area contributed by atoms with E-state index in [-0.39, 0.29) is 40.6 Å². The zero-order valence-electron chi connectivity index (χ0n) is 21.0. The highest BCUT2D eigenvalue weighted by molar-refractivity contribution is 6.24. The van der Waals surface area contributed by atoms with Crippen molar-refractivity contribution in [1.29, 1.82) is 0 Å². The van der Waals surface area contributed by atoms with Crippen LogP contribution < -0.4 is 10.2 Å². The monoisotopic (exact) mass is 538 g/mol. The van der Waals surface area contributed by atoms with Crippen LogP contribution in [0.5, 0.6) is 0 Å². The number of esters is 1. The summed E-state index contributed by atoms with van der Waals surface area (Å²) >= 11 is 11.9. The number of unbranched alkanes of at least 4 members (excludes halogenated alkanes) is 1. The number of alkyl halides is 2. The molecule has 1 aromatic carbocycles. The van der Waals surface area contributed by atoms with Gasteiger partial charge in [0.1, 0.15) is 6.61 Å². The number of halogens is 2. The smallest absolute Gasteiger partial charge is 0.338 e. The van der Waals surface area contributed by atoms with E-state index in [9.17, 15) is 19.2 Å². The van der Waals surface area contributed by atoms with E-state index in [2.05, 4.69) is 5.32 Å². The second-order valence-electron chi connectivity index (χ2n) is 8.24. The van der Waals surface area contributed by atoms with Crippen LogP contribution in [-0.4, -0.2) is 62.0 Å². The lowest BCUT2D eigenvalue weighted by atomic mass is 9.90. The molecule has 1 amide bonds. The first kappa shape index (κ1) is 29.4. The number of Topliss-reactive ketones (excluding diaryl/α,β-unsaturated/α-hetero) is 2. The van der Waals surface area contributed by atoms with Gasteiger partial charge in [0.2, 0.25) is 11.7 Å². The third kappa shape index (κ3) is 7.11. The number of anilines is 2. The van der Waals surface area contributed by atoms with Gasteiger partial charge in [-0.15, -0.1) is 23.2 Å². The SMILES string of the molecule is CCCCC(=O)Nc1cc(C(=O)OCC2=C(C)C(=O)C(OC)=C(C)C2=O)ccc1N(CCCl)CCCl. The highest BCUT2D eigenvalue weighted by Gasteiger charge is 2.31. The van der Waals surface area contributed by atoms with Crippen molar-refractivity contribution in [1.82, 2.24) is 0 Å². The van der Waals surface area contributed by atoms with E-state index in [4.69, 9.17) is 32.7 Å². The number of amides is 1. The summed E-state index contributed by atoms with van der Waals surface area (Å²) in [6, 6.07) is 4.79. The van der Waals surface area contributed by atoms with Gasteiger partial charge in [-0.2, -0.15) is 0 Å². The van der Waals surface area contributed by atoms with E-state index in [1.165, 1.54) is 27.0 Å². The molecule has 0 saturated heterocycles. The van der Waals surface area contributed by atoms with Crippen LogP contribution in [-0.2, 0) is 23.9 Å². The van der Waals surface area contributed by atoms with Crippen molar-refractivity contribution in [3.63, 3.8) is 0 Å². The van der Waals surface area contributed by atoms with Gasteiger partial charge in [-0.1, -0.05) is 13.3 Å². The van der Waals surface area contributed by atoms with E-state index in [1.54, 1.807) is 12.1 Å². The third-order valence-corrected chi connectivity index (χ3v) is 6.16. The van der Waals surface area contributed by atoms with Gasteiger partial charge in [0.05, 0.1) is 24.0 Å². The van der Waals surface area contributed by atoms with Crippen molar-refractivity contribution in [3.8, 4) is 0 Å². The molecular weight excluding hydrogens is 507 g/mol. The molecule has 0 heterocycles. The molecule has 0 unspecified atom stereocenters. The third-order valence-electron chi connectivity index (χ3n) is 5.82. The Hall–Kier alpha value is -2.84. The Kier molecular flexibility index (Phi) is 11.5. The number of nitrogens with one attached hydrogen (secondary N) is 1. The molecule has 0 spiro atoms. The van der Waals surface area contributed by atoms with E-state index < -0.39 is 17.5 Å². The summed E-state index contributed by atoms with van der Waals surface area (Å²) in [6.07, 6.45) is 1.94. The number of nitrogens with zero attached hydrogens (tertiary/aromatic N) is 1. The van der Waals surface area contributed by atoms with Crippen LogP contribution >= 0.6 is 23.2 Å². The number of methoxy groups -OCH3 is 1. The lowest BCUT2D eigenvalue weighted by Gasteiger charge is -2.26. The van der Waals surface area contributed by atoms with Crippen LogP contribution in [0.1, 0.15) is 50.4 Å². The number of benzene rings is 1. The average molecular weight is 539 g/mol. The van der Waals surface area contributed by atoms with Crippen LogP contribution in [0.15, 0.2) is 40.7 Å². The number of hydrogen-bond donors (Lipinski definition) is 1. The van der Waals surface area contributed by atoms with Crippen LogP contribution in [0, 0.1) is 0 Å². The molecule has 196 valence electrons. The highest BCUT2D eigenvalue weighted by atomic mass is 35.5. The second kappa shape index (κ2) is 14.0. The lowest BCUT2D eigenvalue weighted by Crippen LogP contribution is -2.29. The van der Waals surface area contributed by atoms with Gasteiger partial charge in [-0.05, 0) is 38.5 Å². The minimum Gasteiger partial charge on any atom is -0.492 e. The summed E-state index contributed by atoms with van der Waals surface area (Å²) < 4.78 is 10.4. The van der Waals surface area contributed by atoms with Crippen LogP contribution in [0.3, 0.4) is 0 Å². The van der Waals surface area contributed by atoms with Gasteiger partial charge in [-0.3, -0.25) is 14.4 Å². The molecule has 10 heteroatoms. The first-order valence-electron chi connectivity index (χ1n) is 11.7. The van der Waals surface area contributed by atoms with Crippen molar-refractivity contribution >= 4 is 58.0 Å². The summed E-state index contributed by atoms with van der Waals surface area (Å²) in [4.78, 5) is 52.4. The zero-order chi connectivity index (χ0) is 26.8. The summed E-state index contributed by atoms with van der Waals surface area (Å²) in [5.41, 5.74) is 1.73. The van der Waals surface area contributed by atoms with Crippen molar-refractivity contribution in [2.75, 3.05) is 48.8 Å². The maximum absolute atomic E-state index is 12.9. The van der Waals surface area contributed by atoms with Crippen LogP contribution in [0.4, 0.5) is 11.4 Å². The van der Waals surface area contributed by atoms with Gasteiger partial charge in [0.25, 0.3) is 0 Å². The first-order chi connectivity index (χ1) is 17.2. The highest BCUT2D eigenvalue weighted by Crippen LogP contribution is 2.29. The van der Waals surface area contributed by atoms with Gasteiger partial charge >= 0.3 is 5.97 Å². The topological polar surface area (TPSA) is 102 Å². The molecule has 0 aromatic heterocycles. The molecule has 1 aromatic rings. The largest absolute Gasteiger partial charge is 0.492 e. The summed E-state index contributed by atoms with van der Waals surface area (Å²) in [7, 11) is 1.33. The predicted octanol–water partition coefficient (Wildman–Crippen LogP) is 4.64. The van der Waals surface area contributed by atoms with Gasteiger partial charge in [0.15, 0.2) is 11.5 Å². The molecule has 8 nitrogen and oxygen atoms in total. The molecule has 1 N–H and O–H groups in total. The van der Waals surface area contributed by atoms with E-state index in [1.807, 2.05) is 11.8 Å². The fraction of sp³-hybridized carbons (Fsp3) is 0.462. The van der Waals surface area contributed by atoms with Crippen molar-refractivity contribution < 1.29 is 28.7 Å². The molecule has 0 fully saturated rings. The molecule has 1 aliphatic rings. The Balaban J connectivity index is 2.30. The van der Waals surface area contributed by atoms with Crippen LogP contribution in [0.25, 0.3) is 0 Å². The van der Waals surface area contributed by atoms with Crippen molar-refractivity contribution in [3.05, 3.63) is 46.2 Å². The zero-order valence-corrected chi connectivity index (χ0v) is 22.6. The standard InChI is InChI=1S/C26H32Cl2N2O6/c1-5-6-7-22(31)29-20-14-18(8-9-21(20)30(12-10-27)13-11-28)26(34)36-15-19-16(2)24(33)25(35-4)17(3)23(19)32/h8-9,14H,5-7,10-13,15H2,1-4H3,(H,29,31). The maximum Gasteiger partial charge on any atom is 0.338 e. The average Bonchev–Trinajstić information content (AvgIpc) is 2.86. The number of carbonyl (C=O) groups is 4. The van der Waals surface area contributed by atoms with E-state index in [0.29, 0.717) is 42.6 Å². The Morgan fingerprint density at radius 3 is 2.28 bits per heavy atom. The maximum atomic E-state index is 12.9. The molecule has 0 atom stereocenters. The van der Waals surface area contributed by atoms with E-state index in [0.717, 1.165) is 12.8 Å². The van der Waals surface area contributed by atoms with Gasteiger partial charge in [0, 0.05) is 48.0 Å².